The molecule has 1 saturated heterocycles. The number of amides is 4. The second-order valence-corrected chi connectivity index (χ2v) is 9.87. The molecule has 3 aromatic carbocycles. The van der Waals surface area contributed by atoms with E-state index in [1.165, 1.54) is 76.5 Å². The number of piperazine rings is 1. The maximum Gasteiger partial charge on any atom is 0.407 e. The molecule has 1 heterocycles. The summed E-state index contributed by atoms with van der Waals surface area (Å²) in [7, 11) is 0. The van der Waals surface area contributed by atoms with Crippen LogP contribution in [0.4, 0.5) is 4.79 Å². The zero-order valence-corrected chi connectivity index (χ0v) is 24.3. The van der Waals surface area contributed by atoms with Crippen molar-refractivity contribution in [1.29, 1.82) is 10.8 Å². The lowest BCUT2D eigenvalue weighted by Crippen LogP contribution is -2.50. The number of rotatable bonds is 7. The van der Waals surface area contributed by atoms with Gasteiger partial charge in [0.05, 0.1) is 0 Å². The molecule has 15 heteroatoms. The SMILES string of the molecule is CC(=O)N(O)C(=N)c1ccc(Oc2cc(Oc3ccc(C(=N)N(O)C(C)=O)cc3)cc(C(=O)N3CCN(C(=O)O)CC3)c2)cc1. The summed E-state index contributed by atoms with van der Waals surface area (Å²) in [4.78, 5) is 50.2. The van der Waals surface area contributed by atoms with Crippen LogP contribution in [0.15, 0.2) is 66.7 Å². The van der Waals surface area contributed by atoms with Gasteiger partial charge in [-0.2, -0.15) is 10.1 Å². The lowest BCUT2D eigenvalue weighted by atomic mass is 10.1. The molecule has 1 aliphatic heterocycles. The average molecular weight is 619 g/mol. The van der Waals surface area contributed by atoms with Crippen LogP contribution in [0, 0.1) is 10.8 Å². The summed E-state index contributed by atoms with van der Waals surface area (Å²) in [5.74, 6) is -1.61. The van der Waals surface area contributed by atoms with E-state index in [1.807, 2.05) is 0 Å². The second-order valence-electron chi connectivity index (χ2n) is 9.87. The van der Waals surface area contributed by atoms with Gasteiger partial charge in [-0.1, -0.05) is 0 Å². The smallest absolute Gasteiger partial charge is 0.407 e. The van der Waals surface area contributed by atoms with Gasteiger partial charge in [-0.05, 0) is 60.7 Å². The minimum Gasteiger partial charge on any atom is -0.465 e. The molecular formula is C30H30N6O9. The van der Waals surface area contributed by atoms with Gasteiger partial charge in [0.15, 0.2) is 11.7 Å². The topological polar surface area (TPSA) is 208 Å². The number of hydrogen-bond donors (Lipinski definition) is 5. The molecule has 4 rings (SSSR count). The van der Waals surface area contributed by atoms with E-state index in [0.717, 1.165) is 13.8 Å². The Bertz CT molecular complexity index is 1540. The van der Waals surface area contributed by atoms with Gasteiger partial charge in [0.2, 0.25) is 11.8 Å². The van der Waals surface area contributed by atoms with Crippen LogP contribution in [-0.2, 0) is 9.59 Å². The Labute approximate surface area is 256 Å². The zero-order valence-electron chi connectivity index (χ0n) is 24.3. The van der Waals surface area contributed by atoms with Crippen LogP contribution in [0.1, 0.15) is 35.3 Å². The van der Waals surface area contributed by atoms with Crippen molar-refractivity contribution >= 4 is 35.5 Å². The molecular weight excluding hydrogens is 588 g/mol. The van der Waals surface area contributed by atoms with Crippen molar-refractivity contribution in [3.8, 4) is 23.0 Å². The number of hydroxylamine groups is 4. The van der Waals surface area contributed by atoms with E-state index in [2.05, 4.69) is 0 Å². The first-order chi connectivity index (χ1) is 21.3. The van der Waals surface area contributed by atoms with E-state index in [4.69, 9.17) is 20.3 Å². The van der Waals surface area contributed by atoms with Gasteiger partial charge in [-0.3, -0.25) is 35.6 Å². The Morgan fingerprint density at radius 1 is 0.622 bits per heavy atom. The molecule has 5 N–H and O–H groups in total. The van der Waals surface area contributed by atoms with Crippen LogP contribution >= 0.6 is 0 Å². The monoisotopic (exact) mass is 618 g/mol. The molecule has 0 unspecified atom stereocenters. The van der Waals surface area contributed by atoms with Gasteiger partial charge in [0.25, 0.3) is 5.91 Å². The number of amidine groups is 2. The van der Waals surface area contributed by atoms with Gasteiger partial charge < -0.3 is 24.4 Å². The van der Waals surface area contributed by atoms with Gasteiger partial charge in [0.1, 0.15) is 23.0 Å². The van der Waals surface area contributed by atoms with Crippen molar-refractivity contribution in [3.63, 3.8) is 0 Å². The molecule has 3 aromatic rings. The summed E-state index contributed by atoms with van der Waals surface area (Å²) in [6, 6.07) is 16.5. The third-order valence-electron chi connectivity index (χ3n) is 6.71. The van der Waals surface area contributed by atoms with Crippen molar-refractivity contribution in [2.45, 2.75) is 13.8 Å². The predicted octanol–water partition coefficient (Wildman–Crippen LogP) is 3.83. The Kier molecular flexibility index (Phi) is 9.75. The van der Waals surface area contributed by atoms with Crippen molar-refractivity contribution in [3.05, 3.63) is 83.4 Å². The number of ether oxygens (including phenoxy) is 2. The first kappa shape index (κ1) is 32.1. The molecule has 45 heavy (non-hydrogen) atoms. The fraction of sp³-hybridized carbons (Fsp3) is 0.200. The molecule has 1 fully saturated rings. The number of nitrogens with one attached hydrogen (secondary N) is 2. The predicted molar refractivity (Wildman–Crippen MR) is 157 cm³/mol. The van der Waals surface area contributed by atoms with E-state index in [9.17, 15) is 34.7 Å². The van der Waals surface area contributed by atoms with E-state index in [1.54, 1.807) is 0 Å². The lowest BCUT2D eigenvalue weighted by molar-refractivity contribution is -0.147. The largest absolute Gasteiger partial charge is 0.465 e. The lowest BCUT2D eigenvalue weighted by Gasteiger charge is -2.33. The number of carbonyl (C=O) groups excluding carboxylic acids is 3. The highest BCUT2D eigenvalue weighted by Gasteiger charge is 2.25. The van der Waals surface area contributed by atoms with E-state index in [0.29, 0.717) is 11.5 Å². The molecule has 1 aliphatic rings. The van der Waals surface area contributed by atoms with Crippen LogP contribution < -0.4 is 9.47 Å². The van der Waals surface area contributed by atoms with Crippen LogP contribution in [0.2, 0.25) is 0 Å². The summed E-state index contributed by atoms with van der Waals surface area (Å²) >= 11 is 0. The summed E-state index contributed by atoms with van der Waals surface area (Å²) in [6.07, 6.45) is -1.06. The van der Waals surface area contributed by atoms with Crippen molar-refractivity contribution in [1.82, 2.24) is 19.9 Å². The third kappa shape index (κ3) is 7.78. The Hall–Kier alpha value is -5.80. The number of carboxylic acid groups (broad SMARTS) is 1. The van der Waals surface area contributed by atoms with Gasteiger partial charge in [0, 0.05) is 62.8 Å². The molecule has 0 bridgehead atoms. The summed E-state index contributed by atoms with van der Waals surface area (Å²) in [6.45, 7) is 2.93. The van der Waals surface area contributed by atoms with Crippen molar-refractivity contribution in [2.24, 2.45) is 0 Å². The molecule has 4 amide bonds. The average Bonchev–Trinajstić information content (AvgIpc) is 3.03. The highest BCUT2D eigenvalue weighted by molar-refractivity contribution is 6.05. The fourth-order valence-electron chi connectivity index (χ4n) is 4.29. The molecule has 0 spiro atoms. The quantitative estimate of drug-likeness (QED) is 0.113. The van der Waals surface area contributed by atoms with Gasteiger partial charge >= 0.3 is 6.09 Å². The van der Waals surface area contributed by atoms with Crippen LogP contribution in [0.3, 0.4) is 0 Å². The maximum absolute atomic E-state index is 13.5. The molecule has 15 nitrogen and oxygen atoms in total. The minimum absolute atomic E-state index is 0.160. The molecule has 0 saturated carbocycles. The molecule has 0 aromatic heterocycles. The Morgan fingerprint density at radius 3 is 1.36 bits per heavy atom. The molecule has 234 valence electrons. The van der Waals surface area contributed by atoms with Crippen LogP contribution in [0.5, 0.6) is 23.0 Å². The van der Waals surface area contributed by atoms with Crippen LogP contribution in [-0.4, -0.2) is 97.1 Å². The number of carbonyl (C=O) groups is 4. The summed E-state index contributed by atoms with van der Waals surface area (Å²) in [5.41, 5.74) is 0.702. The number of nitrogens with zero attached hydrogens (tertiary/aromatic N) is 4. The summed E-state index contributed by atoms with van der Waals surface area (Å²) in [5, 5.41) is 45.0. The first-order valence-electron chi connectivity index (χ1n) is 13.5. The third-order valence-corrected chi connectivity index (χ3v) is 6.71. The molecule has 0 radical (unpaired) electrons. The van der Waals surface area contributed by atoms with Crippen molar-refractivity contribution in [2.75, 3.05) is 26.2 Å². The first-order valence-corrected chi connectivity index (χ1v) is 13.5. The molecule has 0 atom stereocenters. The summed E-state index contributed by atoms with van der Waals surface area (Å²) < 4.78 is 12.0. The van der Waals surface area contributed by atoms with Crippen molar-refractivity contribution < 1.29 is 44.2 Å². The second kappa shape index (κ2) is 13.7. The highest BCUT2D eigenvalue weighted by Crippen LogP contribution is 2.31. The minimum atomic E-state index is -1.06. The van der Waals surface area contributed by atoms with Gasteiger partial charge in [-0.15, -0.1) is 0 Å². The normalized spacial score (nSPS) is 12.6. The van der Waals surface area contributed by atoms with E-state index < -0.39 is 29.6 Å². The van der Waals surface area contributed by atoms with E-state index >= 15 is 0 Å². The standard InChI is InChI=1S/C30H30N6O9/c1-18(37)35(42)27(31)20-3-7-23(8-4-20)44-25-15-22(29(39)33-11-13-34(14-12-33)30(40)41)16-26(17-25)45-24-9-5-21(6-10-24)28(32)36(43)19(2)38/h3-10,15-17,31-32,42-43H,11-14H2,1-2H3,(H,40,41). The van der Waals surface area contributed by atoms with Gasteiger partial charge in [-0.25, -0.2) is 4.79 Å². The zero-order chi connectivity index (χ0) is 32.8. The maximum atomic E-state index is 13.5. The fourth-order valence-corrected chi connectivity index (χ4v) is 4.29. The molecule has 0 aliphatic carbocycles. The number of hydrogen-bond acceptors (Lipinski definition) is 10. The highest BCUT2D eigenvalue weighted by atomic mass is 16.5. The Morgan fingerprint density at radius 2 is 1.00 bits per heavy atom. The van der Waals surface area contributed by atoms with Crippen LogP contribution in [0.25, 0.3) is 0 Å². The number of benzene rings is 3. The Balaban J connectivity index is 1.59. The van der Waals surface area contributed by atoms with E-state index in [-0.39, 0.29) is 70.4 Å².